The predicted molar refractivity (Wildman–Crippen MR) is 97.4 cm³/mol. The smallest absolute Gasteiger partial charge is 0.264 e. The number of nitrogens with zero attached hydrogens (tertiary/aromatic N) is 3. The van der Waals surface area contributed by atoms with Crippen molar-refractivity contribution in [2.45, 2.75) is 59.9 Å². The van der Waals surface area contributed by atoms with Crippen LogP contribution in [0.5, 0.6) is 0 Å². The third-order valence-corrected chi connectivity index (χ3v) is 5.01. The van der Waals surface area contributed by atoms with Gasteiger partial charge in [0.25, 0.3) is 5.91 Å². The average molecular weight is 327 g/mol. The van der Waals surface area contributed by atoms with Gasteiger partial charge in [-0.15, -0.1) is 0 Å². The van der Waals surface area contributed by atoms with Crippen molar-refractivity contribution in [2.75, 3.05) is 13.1 Å². The van der Waals surface area contributed by atoms with Gasteiger partial charge in [-0.05, 0) is 63.2 Å². The minimum atomic E-state index is -0.119. The van der Waals surface area contributed by atoms with Crippen molar-refractivity contribution in [3.63, 3.8) is 0 Å². The van der Waals surface area contributed by atoms with Crippen molar-refractivity contribution in [2.24, 2.45) is 5.92 Å². The molecule has 4 heteroatoms. The number of aromatic nitrogens is 1. The number of amides is 1. The molecule has 0 spiro atoms. The monoisotopic (exact) mass is 327 g/mol. The first kappa shape index (κ1) is 18.3. The maximum atomic E-state index is 12.8. The fourth-order valence-corrected chi connectivity index (χ4v) is 3.48. The van der Waals surface area contributed by atoms with Crippen molar-refractivity contribution in [3.05, 3.63) is 28.6 Å². The first-order chi connectivity index (χ1) is 11.5. The van der Waals surface area contributed by atoms with Crippen LogP contribution in [0, 0.1) is 31.1 Å². The molecule has 1 atom stereocenters. The lowest BCUT2D eigenvalue weighted by Crippen LogP contribution is -2.32. The van der Waals surface area contributed by atoms with E-state index in [0.29, 0.717) is 5.92 Å². The van der Waals surface area contributed by atoms with Crippen LogP contribution in [0.3, 0.4) is 0 Å². The molecule has 0 aromatic carbocycles. The second-order valence-electron chi connectivity index (χ2n) is 6.98. The third-order valence-electron chi connectivity index (χ3n) is 5.01. The molecule has 2 heterocycles. The van der Waals surface area contributed by atoms with Crippen LogP contribution in [0.2, 0.25) is 0 Å². The van der Waals surface area contributed by atoms with Gasteiger partial charge in [0, 0.05) is 31.0 Å². The summed E-state index contributed by atoms with van der Waals surface area (Å²) in [5, 5.41) is 9.51. The van der Waals surface area contributed by atoms with Crippen molar-refractivity contribution in [3.8, 4) is 6.07 Å². The lowest BCUT2D eigenvalue weighted by atomic mass is 10.0. The Balaban J connectivity index is 2.24. The third kappa shape index (κ3) is 4.08. The number of likely N-dealkylation sites (tertiary alicyclic amines) is 1. The van der Waals surface area contributed by atoms with Crippen molar-refractivity contribution in [1.29, 1.82) is 5.26 Å². The normalized spacial score (nSPS) is 19.0. The Morgan fingerprint density at radius 2 is 2.12 bits per heavy atom. The van der Waals surface area contributed by atoms with E-state index in [4.69, 9.17) is 0 Å². The molecule has 1 amide bonds. The summed E-state index contributed by atoms with van der Waals surface area (Å²) in [5.41, 5.74) is 3.53. The van der Waals surface area contributed by atoms with Crippen molar-refractivity contribution in [1.82, 2.24) is 9.47 Å². The molecular formula is C20H29N3O. The van der Waals surface area contributed by atoms with E-state index in [2.05, 4.69) is 44.4 Å². The highest BCUT2D eigenvalue weighted by atomic mass is 16.2. The fourth-order valence-electron chi connectivity index (χ4n) is 3.48. The van der Waals surface area contributed by atoms with E-state index < -0.39 is 0 Å². The van der Waals surface area contributed by atoms with Crippen LogP contribution in [-0.4, -0.2) is 28.5 Å². The summed E-state index contributed by atoms with van der Waals surface area (Å²) in [6, 6.07) is 4.20. The molecule has 1 unspecified atom stereocenters. The Kier molecular flexibility index (Phi) is 6.25. The summed E-state index contributed by atoms with van der Waals surface area (Å²) in [6.45, 7) is 11.0. The van der Waals surface area contributed by atoms with Gasteiger partial charge in [0.1, 0.15) is 11.6 Å². The van der Waals surface area contributed by atoms with Crippen LogP contribution in [0.4, 0.5) is 0 Å². The van der Waals surface area contributed by atoms with Gasteiger partial charge >= 0.3 is 0 Å². The summed E-state index contributed by atoms with van der Waals surface area (Å²) < 4.78 is 2.25. The Morgan fingerprint density at radius 1 is 1.38 bits per heavy atom. The van der Waals surface area contributed by atoms with E-state index in [1.54, 1.807) is 6.08 Å². The highest BCUT2D eigenvalue weighted by molar-refractivity contribution is 6.01. The number of nitriles is 1. The van der Waals surface area contributed by atoms with Gasteiger partial charge in [-0.2, -0.15) is 5.26 Å². The number of carbonyl (C=O) groups excluding carboxylic acids is 1. The van der Waals surface area contributed by atoms with Crippen molar-refractivity contribution >= 4 is 12.0 Å². The molecule has 0 N–H and O–H groups in total. The predicted octanol–water partition coefficient (Wildman–Crippen LogP) is 4.07. The molecular weight excluding hydrogens is 298 g/mol. The molecule has 1 aromatic heterocycles. The maximum Gasteiger partial charge on any atom is 0.264 e. The highest BCUT2D eigenvalue weighted by Gasteiger charge is 2.22. The molecule has 0 bridgehead atoms. The number of carbonyl (C=O) groups is 1. The largest absolute Gasteiger partial charge is 0.349 e. The molecule has 1 aliphatic heterocycles. The van der Waals surface area contributed by atoms with Gasteiger partial charge in [0.05, 0.1) is 0 Å². The Labute approximate surface area is 145 Å². The summed E-state index contributed by atoms with van der Waals surface area (Å²) in [7, 11) is 0. The van der Waals surface area contributed by atoms with Crippen LogP contribution < -0.4 is 0 Å². The molecule has 24 heavy (non-hydrogen) atoms. The van der Waals surface area contributed by atoms with E-state index in [9.17, 15) is 10.1 Å². The van der Waals surface area contributed by atoms with Gasteiger partial charge in [0.2, 0.25) is 0 Å². The molecule has 1 aliphatic rings. The second kappa shape index (κ2) is 8.19. The Bertz CT molecular complexity index is 663. The molecule has 4 nitrogen and oxygen atoms in total. The number of aryl methyl sites for hydroxylation is 1. The minimum absolute atomic E-state index is 0.119. The van der Waals surface area contributed by atoms with Crippen LogP contribution in [-0.2, 0) is 11.3 Å². The topological polar surface area (TPSA) is 49.0 Å². The lowest BCUT2D eigenvalue weighted by Gasteiger charge is -2.19. The van der Waals surface area contributed by atoms with Crippen LogP contribution in [0.15, 0.2) is 11.6 Å². The first-order valence-electron chi connectivity index (χ1n) is 9.05. The lowest BCUT2D eigenvalue weighted by molar-refractivity contribution is -0.126. The summed E-state index contributed by atoms with van der Waals surface area (Å²) in [5.74, 6) is 0.539. The molecule has 1 fully saturated rings. The van der Waals surface area contributed by atoms with E-state index >= 15 is 0 Å². The minimum Gasteiger partial charge on any atom is -0.349 e. The SMILES string of the molecule is CCCn1c(C)cc(/C=C(/C#N)C(=O)N2CCCC(C)CC2)c1C. The standard InChI is InChI=1S/C20H29N3O/c1-5-9-23-16(3)12-18(17(23)4)13-19(14-21)20(24)22-10-6-7-15(2)8-11-22/h12-13,15H,5-11H2,1-4H3/b19-13-. The Hall–Kier alpha value is -2.02. The van der Waals surface area contributed by atoms with E-state index in [-0.39, 0.29) is 11.5 Å². The molecule has 0 aliphatic carbocycles. The van der Waals surface area contributed by atoms with Crippen LogP contribution in [0.1, 0.15) is 56.5 Å². The number of hydrogen-bond donors (Lipinski definition) is 0. The van der Waals surface area contributed by atoms with E-state index in [0.717, 1.165) is 56.6 Å². The van der Waals surface area contributed by atoms with Gasteiger partial charge in [0.15, 0.2) is 0 Å². The first-order valence-corrected chi connectivity index (χ1v) is 9.05. The number of rotatable bonds is 4. The number of hydrogen-bond acceptors (Lipinski definition) is 2. The quantitative estimate of drug-likeness (QED) is 0.618. The highest BCUT2D eigenvalue weighted by Crippen LogP contribution is 2.21. The molecule has 1 saturated heterocycles. The summed E-state index contributed by atoms with van der Waals surface area (Å²) >= 11 is 0. The van der Waals surface area contributed by atoms with Crippen molar-refractivity contribution < 1.29 is 4.79 Å². The molecule has 2 rings (SSSR count). The Morgan fingerprint density at radius 3 is 2.79 bits per heavy atom. The zero-order chi connectivity index (χ0) is 17.7. The maximum absolute atomic E-state index is 12.8. The summed E-state index contributed by atoms with van der Waals surface area (Å²) in [4.78, 5) is 14.6. The van der Waals surface area contributed by atoms with Gasteiger partial charge < -0.3 is 9.47 Å². The van der Waals surface area contributed by atoms with Crippen LogP contribution >= 0.6 is 0 Å². The van der Waals surface area contributed by atoms with Gasteiger partial charge in [-0.25, -0.2) is 0 Å². The fraction of sp³-hybridized carbons (Fsp3) is 0.600. The zero-order valence-corrected chi connectivity index (χ0v) is 15.4. The molecule has 0 saturated carbocycles. The van der Waals surface area contributed by atoms with Gasteiger partial charge in [-0.3, -0.25) is 4.79 Å². The summed E-state index contributed by atoms with van der Waals surface area (Å²) in [6.07, 6.45) is 6.04. The van der Waals surface area contributed by atoms with E-state index in [1.165, 1.54) is 5.69 Å². The van der Waals surface area contributed by atoms with Gasteiger partial charge in [-0.1, -0.05) is 13.8 Å². The second-order valence-corrected chi connectivity index (χ2v) is 6.98. The van der Waals surface area contributed by atoms with E-state index in [1.807, 2.05) is 4.90 Å². The van der Waals surface area contributed by atoms with Crippen LogP contribution in [0.25, 0.3) is 6.08 Å². The molecule has 0 radical (unpaired) electrons. The zero-order valence-electron chi connectivity index (χ0n) is 15.4. The average Bonchev–Trinajstić information content (AvgIpc) is 2.72. The molecule has 130 valence electrons. The molecule has 1 aromatic rings.